The van der Waals surface area contributed by atoms with Crippen LogP contribution in [0.5, 0.6) is 0 Å². The van der Waals surface area contributed by atoms with Crippen LogP contribution >= 0.6 is 11.3 Å². The van der Waals surface area contributed by atoms with Crippen LogP contribution in [-0.4, -0.2) is 39.8 Å². The zero-order chi connectivity index (χ0) is 13.1. The molecule has 2 rings (SSSR count). The number of aliphatic hydroxyl groups excluding tert-OH is 1. The minimum atomic E-state index is -1.31. The fraction of sp³-hybridized carbons (Fsp3) is 0.500. The molecule has 1 aliphatic rings. The Kier molecular flexibility index (Phi) is 3.78. The van der Waals surface area contributed by atoms with Crippen molar-refractivity contribution in [3.8, 4) is 0 Å². The van der Waals surface area contributed by atoms with E-state index in [9.17, 15) is 9.59 Å². The largest absolute Gasteiger partial charge is 0.480 e. The van der Waals surface area contributed by atoms with Gasteiger partial charge in [0.15, 0.2) is 11.2 Å². The normalized spacial score (nSPS) is 16.1. The molecule has 0 spiro atoms. The van der Waals surface area contributed by atoms with Crippen molar-refractivity contribution in [1.29, 1.82) is 0 Å². The van der Waals surface area contributed by atoms with Crippen LogP contribution in [0.4, 0.5) is 9.93 Å². The van der Waals surface area contributed by atoms with Gasteiger partial charge >= 0.3 is 12.0 Å². The van der Waals surface area contributed by atoms with E-state index in [0.717, 1.165) is 18.5 Å². The number of amides is 2. The number of urea groups is 1. The van der Waals surface area contributed by atoms with Gasteiger partial charge in [-0.05, 0) is 12.8 Å². The van der Waals surface area contributed by atoms with Gasteiger partial charge in [0.05, 0.1) is 12.3 Å². The molecule has 0 radical (unpaired) electrons. The van der Waals surface area contributed by atoms with E-state index >= 15 is 0 Å². The lowest BCUT2D eigenvalue weighted by atomic mass is 10.3. The van der Waals surface area contributed by atoms with Crippen LogP contribution in [0, 0.1) is 0 Å². The lowest BCUT2D eigenvalue weighted by Crippen LogP contribution is -2.45. The molecule has 4 N–H and O–H groups in total. The van der Waals surface area contributed by atoms with Gasteiger partial charge in [0.1, 0.15) is 0 Å². The molecule has 1 atom stereocenters. The second-order valence-electron chi connectivity index (χ2n) is 4.02. The summed E-state index contributed by atoms with van der Waals surface area (Å²) >= 11 is 1.30. The molecule has 0 aliphatic heterocycles. The smallest absolute Gasteiger partial charge is 0.328 e. The molecule has 0 bridgehead atoms. The molecule has 1 aliphatic carbocycles. The fourth-order valence-electron chi connectivity index (χ4n) is 1.39. The first kappa shape index (κ1) is 12.8. The Morgan fingerprint density at radius 2 is 2.28 bits per heavy atom. The summed E-state index contributed by atoms with van der Waals surface area (Å²) in [7, 11) is 0. The van der Waals surface area contributed by atoms with Crippen molar-refractivity contribution < 1.29 is 19.8 Å². The number of nitrogens with zero attached hydrogens (tertiary/aromatic N) is 1. The van der Waals surface area contributed by atoms with Gasteiger partial charge in [-0.25, -0.2) is 14.6 Å². The lowest BCUT2D eigenvalue weighted by Gasteiger charge is -2.11. The molecule has 7 nitrogen and oxygen atoms in total. The van der Waals surface area contributed by atoms with Crippen molar-refractivity contribution in [2.45, 2.75) is 24.8 Å². The quantitative estimate of drug-likeness (QED) is 0.626. The van der Waals surface area contributed by atoms with E-state index in [1.807, 2.05) is 5.38 Å². The Balaban J connectivity index is 1.87. The summed E-state index contributed by atoms with van der Waals surface area (Å²) in [6.07, 6.45) is 2.25. The molecule has 1 aromatic rings. The Labute approximate surface area is 107 Å². The molecule has 98 valence electrons. The van der Waals surface area contributed by atoms with Gasteiger partial charge in [-0.15, -0.1) is 11.3 Å². The number of aromatic nitrogens is 1. The maximum atomic E-state index is 11.5. The molecule has 0 saturated heterocycles. The Bertz CT molecular complexity index is 458. The third-order valence-electron chi connectivity index (χ3n) is 2.52. The molecule has 2 amide bonds. The first-order chi connectivity index (χ1) is 8.60. The van der Waals surface area contributed by atoms with Gasteiger partial charge in [0.2, 0.25) is 0 Å². The highest BCUT2D eigenvalue weighted by molar-refractivity contribution is 7.13. The number of anilines is 1. The van der Waals surface area contributed by atoms with Crippen molar-refractivity contribution in [3.63, 3.8) is 0 Å². The summed E-state index contributed by atoms with van der Waals surface area (Å²) in [4.78, 5) is 26.3. The number of nitrogens with one attached hydrogen (secondary N) is 2. The summed E-state index contributed by atoms with van der Waals surface area (Å²) < 4.78 is 0. The number of rotatable bonds is 5. The number of aliphatic hydroxyl groups is 1. The average molecular weight is 271 g/mol. The van der Waals surface area contributed by atoms with Crippen LogP contribution in [-0.2, 0) is 4.79 Å². The molecule has 1 saturated carbocycles. The number of carbonyl (C=O) groups excluding carboxylic acids is 1. The number of thiazole rings is 1. The maximum Gasteiger partial charge on any atom is 0.328 e. The minimum absolute atomic E-state index is 0.427. The van der Waals surface area contributed by atoms with Crippen molar-refractivity contribution in [1.82, 2.24) is 10.3 Å². The highest BCUT2D eigenvalue weighted by Gasteiger charge is 2.26. The highest BCUT2D eigenvalue weighted by atomic mass is 32.1. The Morgan fingerprint density at radius 3 is 2.83 bits per heavy atom. The van der Waals surface area contributed by atoms with Crippen molar-refractivity contribution >= 4 is 28.5 Å². The van der Waals surface area contributed by atoms with E-state index < -0.39 is 24.6 Å². The van der Waals surface area contributed by atoms with Gasteiger partial charge in [-0.1, -0.05) is 0 Å². The maximum absolute atomic E-state index is 11.5. The minimum Gasteiger partial charge on any atom is -0.480 e. The van der Waals surface area contributed by atoms with Gasteiger partial charge < -0.3 is 15.5 Å². The number of hydrogen-bond acceptors (Lipinski definition) is 5. The van der Waals surface area contributed by atoms with Gasteiger partial charge in [0.25, 0.3) is 0 Å². The summed E-state index contributed by atoms with van der Waals surface area (Å²) in [6, 6.07) is -2.00. The number of carbonyl (C=O) groups is 2. The van der Waals surface area contributed by atoms with Gasteiger partial charge in [-0.3, -0.25) is 5.32 Å². The van der Waals surface area contributed by atoms with E-state index in [1.54, 1.807) is 0 Å². The standard InChI is InChI=1S/C10H13N3O4S/c14-3-6(8(15)16)11-9(17)13-10-12-7(4-18-10)5-1-2-5/h4-6,14H,1-3H2,(H,15,16)(H2,11,12,13,17)/t6-/m1/s1. The van der Waals surface area contributed by atoms with Crippen LogP contribution in [0.2, 0.25) is 0 Å². The van der Waals surface area contributed by atoms with Crippen LogP contribution in [0.1, 0.15) is 24.5 Å². The lowest BCUT2D eigenvalue weighted by molar-refractivity contribution is -0.140. The topological polar surface area (TPSA) is 112 Å². The second kappa shape index (κ2) is 5.32. The second-order valence-corrected chi connectivity index (χ2v) is 4.88. The van der Waals surface area contributed by atoms with Crippen molar-refractivity contribution in [2.75, 3.05) is 11.9 Å². The molecule has 1 aromatic heterocycles. The molecule has 8 heteroatoms. The van der Waals surface area contributed by atoms with Gasteiger partial charge in [0, 0.05) is 11.3 Å². The van der Waals surface area contributed by atoms with Crippen molar-refractivity contribution in [2.24, 2.45) is 0 Å². The molecule has 1 fully saturated rings. The molecule has 18 heavy (non-hydrogen) atoms. The SMILES string of the molecule is O=C(Nc1nc(C2CC2)cs1)N[C@H](CO)C(=O)O. The predicted molar refractivity (Wildman–Crippen MR) is 64.8 cm³/mol. The summed E-state index contributed by atoms with van der Waals surface area (Å²) in [5, 5.41) is 24.3. The summed E-state index contributed by atoms with van der Waals surface area (Å²) in [5.41, 5.74) is 0.965. The van der Waals surface area contributed by atoms with Gasteiger partial charge in [-0.2, -0.15) is 0 Å². The number of carboxylic acid groups (broad SMARTS) is 1. The first-order valence-electron chi connectivity index (χ1n) is 5.46. The molecule has 0 unspecified atom stereocenters. The van der Waals surface area contributed by atoms with E-state index in [1.165, 1.54) is 11.3 Å². The summed E-state index contributed by atoms with van der Waals surface area (Å²) in [6.45, 7) is -0.659. The van der Waals surface area contributed by atoms with E-state index in [4.69, 9.17) is 10.2 Å². The molecule has 1 heterocycles. The van der Waals surface area contributed by atoms with E-state index in [0.29, 0.717) is 11.0 Å². The van der Waals surface area contributed by atoms with E-state index in [-0.39, 0.29) is 0 Å². The van der Waals surface area contributed by atoms with E-state index in [2.05, 4.69) is 15.6 Å². The Morgan fingerprint density at radius 1 is 1.56 bits per heavy atom. The van der Waals surface area contributed by atoms with Crippen LogP contribution in [0.25, 0.3) is 0 Å². The van der Waals surface area contributed by atoms with Crippen LogP contribution < -0.4 is 10.6 Å². The zero-order valence-electron chi connectivity index (χ0n) is 9.42. The third-order valence-corrected chi connectivity index (χ3v) is 3.30. The average Bonchev–Trinajstić information content (AvgIpc) is 3.07. The Hall–Kier alpha value is -1.67. The molecule has 0 aromatic carbocycles. The highest BCUT2D eigenvalue weighted by Crippen LogP contribution is 2.40. The summed E-state index contributed by atoms with van der Waals surface area (Å²) in [5.74, 6) is -0.783. The third kappa shape index (κ3) is 3.17. The fourth-order valence-corrected chi connectivity index (χ4v) is 2.17. The zero-order valence-corrected chi connectivity index (χ0v) is 10.2. The molecular formula is C10H13N3O4S. The van der Waals surface area contributed by atoms with Crippen LogP contribution in [0.3, 0.4) is 0 Å². The number of aliphatic carboxylic acids is 1. The first-order valence-corrected chi connectivity index (χ1v) is 6.34. The van der Waals surface area contributed by atoms with Crippen molar-refractivity contribution in [3.05, 3.63) is 11.1 Å². The monoisotopic (exact) mass is 271 g/mol. The predicted octanol–water partition coefficient (Wildman–Crippen LogP) is 0.587. The number of carboxylic acids is 1. The number of hydrogen-bond donors (Lipinski definition) is 4. The molecular weight excluding hydrogens is 258 g/mol. The van der Waals surface area contributed by atoms with Crippen LogP contribution in [0.15, 0.2) is 5.38 Å².